The summed E-state index contributed by atoms with van der Waals surface area (Å²) in [4.78, 5) is 9.15. The van der Waals surface area contributed by atoms with Gasteiger partial charge in [0.15, 0.2) is 4.90 Å². The number of carboxylic acids is 1. The first-order valence-electron chi connectivity index (χ1n) is 5.06. The van der Waals surface area contributed by atoms with Gasteiger partial charge in [0.25, 0.3) is 0 Å². The second-order valence-corrected chi connectivity index (χ2v) is 5.40. The molecule has 0 aliphatic rings. The first kappa shape index (κ1) is 15.4. The van der Waals surface area contributed by atoms with Crippen LogP contribution in [-0.2, 0) is 14.8 Å². The number of aliphatic carboxylic acids is 1. The highest BCUT2D eigenvalue weighted by molar-refractivity contribution is 7.89. The van der Waals surface area contributed by atoms with Crippen LogP contribution in [0.4, 0.5) is 13.2 Å². The molecule has 0 aliphatic carbocycles. The van der Waals surface area contributed by atoms with E-state index in [9.17, 15) is 26.4 Å². The van der Waals surface area contributed by atoms with Gasteiger partial charge in [-0.3, -0.25) is 4.79 Å². The van der Waals surface area contributed by atoms with Crippen LogP contribution in [0.1, 0.15) is 6.92 Å². The van der Waals surface area contributed by atoms with E-state index in [1.807, 2.05) is 0 Å². The molecule has 9 heteroatoms. The summed E-state index contributed by atoms with van der Waals surface area (Å²) in [5, 5.41) is 8.55. The van der Waals surface area contributed by atoms with E-state index in [0.29, 0.717) is 4.31 Å². The van der Waals surface area contributed by atoms with Gasteiger partial charge >= 0.3 is 5.97 Å². The SMILES string of the molecule is CCN(CC(=O)O)S(=O)(=O)c1c(F)cc(F)cc1F. The van der Waals surface area contributed by atoms with Gasteiger partial charge in [-0.2, -0.15) is 4.31 Å². The van der Waals surface area contributed by atoms with Gasteiger partial charge in [0.05, 0.1) is 0 Å². The Balaban J connectivity index is 3.38. The van der Waals surface area contributed by atoms with E-state index >= 15 is 0 Å². The van der Waals surface area contributed by atoms with Gasteiger partial charge in [-0.05, 0) is 0 Å². The fraction of sp³-hybridized carbons (Fsp3) is 0.300. The molecule has 1 rings (SSSR count). The lowest BCUT2D eigenvalue weighted by molar-refractivity contribution is -0.137. The first-order valence-corrected chi connectivity index (χ1v) is 6.50. The van der Waals surface area contributed by atoms with Crippen molar-refractivity contribution in [2.24, 2.45) is 0 Å². The molecule has 0 saturated heterocycles. The minimum absolute atomic E-state index is 0.213. The Bertz CT molecular complexity index is 580. The van der Waals surface area contributed by atoms with Crippen molar-refractivity contribution >= 4 is 16.0 Å². The molecule has 0 spiro atoms. The van der Waals surface area contributed by atoms with Crippen molar-refractivity contribution < 1.29 is 31.5 Å². The Kier molecular flexibility index (Phi) is 4.53. The zero-order valence-corrected chi connectivity index (χ0v) is 10.5. The highest BCUT2D eigenvalue weighted by Crippen LogP contribution is 2.23. The lowest BCUT2D eigenvalue weighted by Crippen LogP contribution is -2.36. The predicted octanol–water partition coefficient (Wildman–Crippen LogP) is 1.20. The third-order valence-corrected chi connectivity index (χ3v) is 4.20. The van der Waals surface area contributed by atoms with Crippen LogP contribution >= 0.6 is 0 Å². The summed E-state index contributed by atoms with van der Waals surface area (Å²) in [7, 11) is -4.69. The molecular formula is C10H10F3NO4S. The van der Waals surface area contributed by atoms with Crippen molar-refractivity contribution in [2.75, 3.05) is 13.1 Å². The molecule has 0 aromatic heterocycles. The molecule has 0 aliphatic heterocycles. The minimum atomic E-state index is -4.69. The molecule has 1 aromatic rings. The van der Waals surface area contributed by atoms with Crippen LogP contribution in [0.5, 0.6) is 0 Å². The zero-order chi connectivity index (χ0) is 14.8. The van der Waals surface area contributed by atoms with Crippen molar-refractivity contribution in [3.63, 3.8) is 0 Å². The Morgan fingerprint density at radius 2 is 1.74 bits per heavy atom. The van der Waals surface area contributed by atoms with Gasteiger partial charge in [-0.25, -0.2) is 21.6 Å². The van der Waals surface area contributed by atoms with Crippen molar-refractivity contribution in [1.82, 2.24) is 4.31 Å². The Morgan fingerprint density at radius 3 is 2.11 bits per heavy atom. The van der Waals surface area contributed by atoms with E-state index in [0.717, 1.165) is 0 Å². The summed E-state index contributed by atoms with van der Waals surface area (Å²) in [5.41, 5.74) is 0. The van der Waals surface area contributed by atoms with Gasteiger partial charge < -0.3 is 5.11 Å². The summed E-state index contributed by atoms with van der Waals surface area (Å²) >= 11 is 0. The lowest BCUT2D eigenvalue weighted by Gasteiger charge is -2.19. The van der Waals surface area contributed by atoms with E-state index in [-0.39, 0.29) is 18.7 Å². The molecule has 0 saturated carbocycles. The predicted molar refractivity (Wildman–Crippen MR) is 58.4 cm³/mol. The number of carboxylic acid groups (broad SMARTS) is 1. The first-order chi connectivity index (χ1) is 8.70. The van der Waals surface area contributed by atoms with Gasteiger partial charge in [-0.1, -0.05) is 6.92 Å². The number of hydrogen-bond donors (Lipinski definition) is 1. The summed E-state index contributed by atoms with van der Waals surface area (Å²) in [6.45, 7) is 0.0554. The zero-order valence-electron chi connectivity index (χ0n) is 9.73. The molecule has 1 aromatic carbocycles. The largest absolute Gasteiger partial charge is 0.480 e. The van der Waals surface area contributed by atoms with Crippen molar-refractivity contribution in [3.8, 4) is 0 Å². The monoisotopic (exact) mass is 297 g/mol. The molecule has 0 radical (unpaired) electrons. The maximum absolute atomic E-state index is 13.4. The normalized spacial score (nSPS) is 11.8. The third kappa shape index (κ3) is 3.24. The topological polar surface area (TPSA) is 74.7 Å². The van der Waals surface area contributed by atoms with Gasteiger partial charge in [0.1, 0.15) is 24.0 Å². The van der Waals surface area contributed by atoms with Crippen LogP contribution < -0.4 is 0 Å². The minimum Gasteiger partial charge on any atom is -0.480 e. The number of hydrogen-bond acceptors (Lipinski definition) is 3. The fourth-order valence-corrected chi connectivity index (χ4v) is 2.91. The number of rotatable bonds is 5. The third-order valence-electron chi connectivity index (χ3n) is 2.23. The fourth-order valence-electron chi connectivity index (χ4n) is 1.42. The maximum atomic E-state index is 13.4. The van der Waals surface area contributed by atoms with Crippen molar-refractivity contribution in [1.29, 1.82) is 0 Å². The van der Waals surface area contributed by atoms with Crippen LogP contribution in [0.15, 0.2) is 17.0 Å². The van der Waals surface area contributed by atoms with E-state index < -0.39 is 44.9 Å². The van der Waals surface area contributed by atoms with Crippen molar-refractivity contribution in [3.05, 3.63) is 29.6 Å². The Labute approximate surface area is 107 Å². The Morgan fingerprint density at radius 1 is 1.26 bits per heavy atom. The van der Waals surface area contributed by atoms with E-state index in [4.69, 9.17) is 5.11 Å². The summed E-state index contributed by atoms with van der Waals surface area (Å²) in [5.74, 6) is -5.97. The van der Waals surface area contributed by atoms with Gasteiger partial charge in [0.2, 0.25) is 10.0 Å². The average molecular weight is 297 g/mol. The lowest BCUT2D eigenvalue weighted by atomic mass is 10.3. The number of likely N-dealkylation sites (N-methyl/N-ethyl adjacent to an activating group) is 1. The molecule has 0 atom stereocenters. The molecule has 5 nitrogen and oxygen atoms in total. The molecule has 106 valence electrons. The molecule has 0 fully saturated rings. The Hall–Kier alpha value is -1.61. The molecule has 19 heavy (non-hydrogen) atoms. The van der Waals surface area contributed by atoms with E-state index in [1.54, 1.807) is 0 Å². The highest BCUT2D eigenvalue weighted by Gasteiger charge is 2.31. The van der Waals surface area contributed by atoms with Crippen LogP contribution in [-0.4, -0.2) is 36.9 Å². The number of nitrogens with zero attached hydrogens (tertiary/aromatic N) is 1. The highest BCUT2D eigenvalue weighted by atomic mass is 32.2. The standard InChI is InChI=1S/C10H10F3NO4S/c1-2-14(5-9(15)16)19(17,18)10-7(12)3-6(11)4-8(10)13/h3-4H,2,5H2,1H3,(H,15,16). The summed E-state index contributed by atoms with van der Waals surface area (Å²) < 4.78 is 63.7. The van der Waals surface area contributed by atoms with Crippen LogP contribution in [0.25, 0.3) is 0 Å². The maximum Gasteiger partial charge on any atom is 0.318 e. The smallest absolute Gasteiger partial charge is 0.318 e. The molecule has 0 bridgehead atoms. The average Bonchev–Trinajstić information content (AvgIpc) is 2.23. The molecule has 0 amide bonds. The van der Waals surface area contributed by atoms with Gasteiger partial charge in [0, 0.05) is 18.7 Å². The summed E-state index contributed by atoms with van der Waals surface area (Å²) in [6, 6.07) is 0.426. The van der Waals surface area contributed by atoms with Crippen LogP contribution in [0.2, 0.25) is 0 Å². The second-order valence-electron chi connectivity index (χ2n) is 3.52. The number of carbonyl (C=O) groups is 1. The van der Waals surface area contributed by atoms with Crippen LogP contribution in [0, 0.1) is 17.5 Å². The number of sulfonamides is 1. The van der Waals surface area contributed by atoms with E-state index in [1.165, 1.54) is 6.92 Å². The molecule has 0 heterocycles. The number of halogens is 3. The van der Waals surface area contributed by atoms with Gasteiger partial charge in [-0.15, -0.1) is 0 Å². The summed E-state index contributed by atoms with van der Waals surface area (Å²) in [6.07, 6.45) is 0. The van der Waals surface area contributed by atoms with E-state index in [2.05, 4.69) is 0 Å². The van der Waals surface area contributed by atoms with Crippen molar-refractivity contribution in [2.45, 2.75) is 11.8 Å². The molecule has 1 N–H and O–H groups in total. The number of benzene rings is 1. The quantitative estimate of drug-likeness (QED) is 0.886. The molecule has 0 unspecified atom stereocenters. The second kappa shape index (κ2) is 5.57. The molecular weight excluding hydrogens is 287 g/mol. The van der Waals surface area contributed by atoms with Crippen LogP contribution in [0.3, 0.4) is 0 Å².